The summed E-state index contributed by atoms with van der Waals surface area (Å²) in [6.07, 6.45) is 1.27. The number of phenolic OH excluding ortho intramolecular Hbond substituents is 2. The lowest BCUT2D eigenvalue weighted by Gasteiger charge is -2.55. The van der Waals surface area contributed by atoms with Crippen LogP contribution in [0, 0.1) is 0 Å². The topological polar surface area (TPSA) is 235 Å². The van der Waals surface area contributed by atoms with Crippen LogP contribution < -0.4 is 11.1 Å². The second-order valence-corrected chi connectivity index (χ2v) is 10.0. The number of aromatic hydroxyl groups is 2. The van der Waals surface area contributed by atoms with Gasteiger partial charge in [0, 0.05) is 24.9 Å². The van der Waals surface area contributed by atoms with Crippen LogP contribution >= 0.6 is 11.8 Å². The summed E-state index contributed by atoms with van der Waals surface area (Å²) in [6.45, 7) is -0.498. The molecule has 2 heterocycles. The number of methoxy groups -OCH3 is 2. The summed E-state index contributed by atoms with van der Waals surface area (Å²) >= 11 is 1.08. The Morgan fingerprint density at radius 3 is 2.51 bits per heavy atom. The maximum Gasteiger partial charge on any atom is 0.373 e. The molecule has 0 spiro atoms. The van der Waals surface area contributed by atoms with Gasteiger partial charge in [0.2, 0.25) is 11.7 Å². The predicted octanol–water partition coefficient (Wildman–Crippen LogP) is -0.0768. The largest absolute Gasteiger partial charge is 0.504 e. The number of carboxylic acids is 2. The minimum atomic E-state index is -1.85. The zero-order valence-corrected chi connectivity index (χ0v) is 22.8. The van der Waals surface area contributed by atoms with Crippen molar-refractivity contribution in [3.05, 3.63) is 40.8 Å². The third-order valence-corrected chi connectivity index (χ3v) is 7.67. The van der Waals surface area contributed by atoms with Gasteiger partial charge in [-0.1, -0.05) is 6.07 Å². The average Bonchev–Trinajstić information content (AvgIpc) is 2.94. The van der Waals surface area contributed by atoms with E-state index >= 15 is 0 Å². The van der Waals surface area contributed by atoms with E-state index in [0.717, 1.165) is 16.7 Å². The number of nitrogens with two attached hydrogens (primary N) is 1. The van der Waals surface area contributed by atoms with E-state index in [0.29, 0.717) is 5.56 Å². The Labute approximate surface area is 237 Å². The molecular weight excluding hydrogens is 566 g/mol. The van der Waals surface area contributed by atoms with Crippen molar-refractivity contribution in [3.8, 4) is 11.5 Å². The van der Waals surface area contributed by atoms with Crippen molar-refractivity contribution < 1.29 is 58.6 Å². The number of fused-ring (bicyclic) bond motifs is 1. The fourth-order valence-corrected chi connectivity index (χ4v) is 5.56. The molecule has 0 aliphatic carbocycles. The highest BCUT2D eigenvalue weighted by molar-refractivity contribution is 8.00. The Hall–Kier alpha value is -4.28. The van der Waals surface area contributed by atoms with Crippen LogP contribution in [0.25, 0.3) is 6.08 Å². The summed E-state index contributed by atoms with van der Waals surface area (Å²) in [5.41, 5.74) is 3.58. The number of nitrogens with one attached hydrogen (secondary N) is 1. The predicted molar refractivity (Wildman–Crippen MR) is 141 cm³/mol. The van der Waals surface area contributed by atoms with Crippen molar-refractivity contribution >= 4 is 47.6 Å². The summed E-state index contributed by atoms with van der Waals surface area (Å²) in [5, 5.41) is 39.4. The molecule has 1 aromatic rings. The first-order valence-corrected chi connectivity index (χ1v) is 13.1. The molecule has 16 heteroatoms. The van der Waals surface area contributed by atoms with Crippen molar-refractivity contribution in [3.63, 3.8) is 0 Å². The van der Waals surface area contributed by atoms with Gasteiger partial charge in [-0.3, -0.25) is 19.3 Å². The lowest BCUT2D eigenvalue weighted by Crippen LogP contribution is -2.80. The van der Waals surface area contributed by atoms with Crippen LogP contribution in [0.2, 0.25) is 0 Å². The number of hydrogen-bond acceptors (Lipinski definition) is 12. The molecule has 3 atom stereocenters. The molecule has 0 saturated carbocycles. The van der Waals surface area contributed by atoms with Crippen LogP contribution in [0.1, 0.15) is 24.8 Å². The zero-order valence-electron chi connectivity index (χ0n) is 22.0. The molecule has 0 aromatic heterocycles. The minimum Gasteiger partial charge on any atom is -0.504 e. The maximum atomic E-state index is 13.2. The first-order valence-electron chi connectivity index (χ1n) is 12.1. The standard InChI is InChI=1S/C25H29N3O12S/c1-38-17(9-12-6-7-15(29)16(30)8-12)22(36)40-10-13-11-41-24-25(39-2,23(37)28(24)19(13)21(34)35)27-18(31)5-3-4-14(26)20(32)33/h6-9,14,24,29-30H,3-5,10-11,26H2,1-2H3,(H,27,31)(H,32,33)(H,34,35)/b17-9-/t14-,24?,25+/m1/s1. The highest BCUT2D eigenvalue weighted by Gasteiger charge is 2.66. The van der Waals surface area contributed by atoms with Crippen molar-refractivity contribution in [2.24, 2.45) is 5.73 Å². The number of rotatable bonds is 13. The van der Waals surface area contributed by atoms with Crippen molar-refractivity contribution in [2.45, 2.75) is 36.4 Å². The van der Waals surface area contributed by atoms with Crippen LogP contribution in [0.15, 0.2) is 35.2 Å². The molecule has 2 amide bonds. The molecular formula is C25H29N3O12S. The van der Waals surface area contributed by atoms with Crippen molar-refractivity contribution in [2.75, 3.05) is 26.6 Å². The number of β-lactam (4-membered cyclic amide) rings is 1. The highest BCUT2D eigenvalue weighted by atomic mass is 32.2. The van der Waals surface area contributed by atoms with Gasteiger partial charge in [-0.15, -0.1) is 11.8 Å². The maximum absolute atomic E-state index is 13.2. The number of carbonyl (C=O) groups excluding carboxylic acids is 3. The van der Waals surface area contributed by atoms with Gasteiger partial charge in [0.05, 0.1) is 7.11 Å². The highest BCUT2D eigenvalue weighted by Crippen LogP contribution is 2.46. The number of aliphatic carboxylic acids is 2. The second kappa shape index (κ2) is 12.9. The van der Waals surface area contributed by atoms with Crippen LogP contribution in [0.4, 0.5) is 0 Å². The number of ether oxygens (including phenoxy) is 3. The molecule has 1 aromatic carbocycles. The Balaban J connectivity index is 1.71. The lowest BCUT2D eigenvalue weighted by atomic mass is 9.97. The first-order chi connectivity index (χ1) is 19.4. The molecule has 1 saturated heterocycles. The van der Waals surface area contributed by atoms with Gasteiger partial charge < -0.3 is 45.7 Å². The van der Waals surface area contributed by atoms with Gasteiger partial charge in [0.25, 0.3) is 11.6 Å². The summed E-state index contributed by atoms with van der Waals surface area (Å²) < 4.78 is 15.6. The Morgan fingerprint density at radius 2 is 1.93 bits per heavy atom. The summed E-state index contributed by atoms with van der Waals surface area (Å²) in [6, 6.07) is 2.67. The molecule has 7 N–H and O–H groups in total. The van der Waals surface area contributed by atoms with E-state index in [-0.39, 0.29) is 42.1 Å². The smallest absolute Gasteiger partial charge is 0.373 e. The molecule has 0 radical (unpaired) electrons. The molecule has 2 aliphatic rings. The number of esters is 1. The number of phenols is 2. The molecule has 3 rings (SSSR count). The van der Waals surface area contributed by atoms with E-state index in [1.807, 2.05) is 0 Å². The van der Waals surface area contributed by atoms with Gasteiger partial charge >= 0.3 is 17.9 Å². The molecule has 0 bridgehead atoms. The van der Waals surface area contributed by atoms with Crippen LogP contribution in [-0.4, -0.2) is 98.8 Å². The number of carboxylic acid groups (broad SMARTS) is 2. The van der Waals surface area contributed by atoms with Gasteiger partial charge in [-0.25, -0.2) is 9.59 Å². The number of hydrogen-bond donors (Lipinski definition) is 6. The van der Waals surface area contributed by atoms with Crippen molar-refractivity contribution in [1.82, 2.24) is 10.2 Å². The SMILES string of the molecule is CO/C(=C\c1ccc(O)c(O)c1)C(=O)OCC1=C(C(=O)O)N2C(=O)[C@](NC(=O)CCC[C@@H](N)C(=O)O)(OC)C2SC1. The molecule has 1 unspecified atom stereocenters. The average molecular weight is 596 g/mol. The van der Waals surface area contributed by atoms with Gasteiger partial charge in [-0.2, -0.15) is 0 Å². The van der Waals surface area contributed by atoms with E-state index in [9.17, 15) is 39.3 Å². The van der Waals surface area contributed by atoms with Gasteiger partial charge in [0.15, 0.2) is 11.5 Å². The van der Waals surface area contributed by atoms with Gasteiger partial charge in [0.1, 0.15) is 23.7 Å². The number of amides is 2. The summed E-state index contributed by atoms with van der Waals surface area (Å²) in [4.78, 5) is 62.2. The van der Waals surface area contributed by atoms with E-state index in [2.05, 4.69) is 5.32 Å². The number of nitrogens with zero attached hydrogens (tertiary/aromatic N) is 1. The second-order valence-electron chi connectivity index (χ2n) is 8.96. The molecule has 2 aliphatic heterocycles. The summed E-state index contributed by atoms with van der Waals surface area (Å²) in [5.74, 6) is -6.13. The quantitative estimate of drug-likeness (QED) is 0.0437. The van der Waals surface area contributed by atoms with Crippen LogP contribution in [0.5, 0.6) is 11.5 Å². The van der Waals surface area contributed by atoms with Crippen molar-refractivity contribution in [1.29, 1.82) is 0 Å². The zero-order chi connectivity index (χ0) is 30.5. The van der Waals surface area contributed by atoms with E-state index < -0.39 is 64.9 Å². The fourth-order valence-electron chi connectivity index (χ4n) is 4.14. The lowest BCUT2D eigenvalue weighted by molar-refractivity contribution is -0.192. The Morgan fingerprint density at radius 1 is 1.22 bits per heavy atom. The van der Waals surface area contributed by atoms with Crippen LogP contribution in [-0.2, 0) is 38.2 Å². The molecule has 1 fully saturated rings. The first kappa shape index (κ1) is 31.3. The summed E-state index contributed by atoms with van der Waals surface area (Å²) in [7, 11) is 2.39. The number of thioether (sulfide) groups is 1. The molecule has 15 nitrogen and oxygen atoms in total. The van der Waals surface area contributed by atoms with E-state index in [1.165, 1.54) is 38.5 Å². The number of benzene rings is 1. The normalized spacial score (nSPS) is 21.0. The third-order valence-electron chi connectivity index (χ3n) is 6.29. The van der Waals surface area contributed by atoms with Crippen LogP contribution in [0.3, 0.4) is 0 Å². The number of carbonyl (C=O) groups is 5. The van der Waals surface area contributed by atoms with E-state index in [4.69, 9.17) is 25.1 Å². The molecule has 222 valence electrons. The fraction of sp³-hybridized carbons (Fsp3) is 0.400. The van der Waals surface area contributed by atoms with Gasteiger partial charge in [-0.05, 0) is 36.6 Å². The Kier molecular flexibility index (Phi) is 9.85. The minimum absolute atomic E-state index is 0.00959. The Bertz CT molecular complexity index is 1310. The molecule has 41 heavy (non-hydrogen) atoms. The third kappa shape index (κ3) is 6.55. The van der Waals surface area contributed by atoms with E-state index in [1.54, 1.807) is 0 Å². The monoisotopic (exact) mass is 595 g/mol.